The highest BCUT2D eigenvalue weighted by molar-refractivity contribution is 8.18. The van der Waals surface area contributed by atoms with Crippen LogP contribution in [-0.2, 0) is 14.3 Å². The number of hydrogen-bond donors (Lipinski definition) is 0. The van der Waals surface area contributed by atoms with Gasteiger partial charge in [-0.25, -0.2) is 4.79 Å². The van der Waals surface area contributed by atoms with Gasteiger partial charge < -0.3 is 13.9 Å². The normalized spacial score (nSPS) is 16.1. The zero-order valence-corrected chi connectivity index (χ0v) is 16.9. The van der Waals surface area contributed by atoms with Crippen LogP contribution in [0.5, 0.6) is 5.75 Å². The molecule has 10 nitrogen and oxygen atoms in total. The molecule has 0 radical (unpaired) electrons. The average Bonchev–Trinajstić information content (AvgIpc) is 3.30. The maximum absolute atomic E-state index is 12.6. The van der Waals surface area contributed by atoms with Gasteiger partial charge in [-0.2, -0.15) is 0 Å². The lowest BCUT2D eigenvalue weighted by molar-refractivity contribution is -0.384. The average molecular weight is 432 g/mol. The van der Waals surface area contributed by atoms with Gasteiger partial charge >= 0.3 is 5.97 Å². The molecule has 2 aromatic rings. The second-order valence-corrected chi connectivity index (χ2v) is 7.09. The third-order valence-electron chi connectivity index (χ3n) is 4.31. The molecule has 156 valence electrons. The fourth-order valence-corrected chi connectivity index (χ4v) is 3.68. The van der Waals surface area contributed by atoms with Crippen molar-refractivity contribution in [1.82, 2.24) is 4.90 Å². The van der Waals surface area contributed by atoms with Crippen LogP contribution in [0.4, 0.5) is 10.5 Å². The number of nitrogens with zero attached hydrogens (tertiary/aromatic N) is 2. The Kier molecular flexibility index (Phi) is 5.92. The number of imide groups is 1. The first kappa shape index (κ1) is 21.1. The molecule has 0 unspecified atom stereocenters. The Morgan fingerprint density at radius 3 is 2.63 bits per heavy atom. The van der Waals surface area contributed by atoms with E-state index in [0.29, 0.717) is 23.1 Å². The van der Waals surface area contributed by atoms with Crippen molar-refractivity contribution >= 4 is 40.6 Å². The van der Waals surface area contributed by atoms with E-state index in [9.17, 15) is 24.5 Å². The number of nitro benzene ring substituents is 1. The van der Waals surface area contributed by atoms with Crippen molar-refractivity contribution < 1.29 is 33.2 Å². The summed E-state index contributed by atoms with van der Waals surface area (Å²) in [5.41, 5.74) is 0.223. The summed E-state index contributed by atoms with van der Waals surface area (Å²) >= 11 is 0.669. The molecule has 11 heteroatoms. The number of carbonyl (C=O) groups is 3. The Morgan fingerprint density at radius 2 is 2.00 bits per heavy atom. The molecule has 0 N–H and O–H groups in total. The minimum absolute atomic E-state index is 0.0719. The van der Waals surface area contributed by atoms with E-state index in [4.69, 9.17) is 9.15 Å². The highest BCUT2D eigenvalue weighted by Gasteiger charge is 2.41. The molecule has 1 aliphatic heterocycles. The zero-order chi connectivity index (χ0) is 22.0. The Balaban J connectivity index is 1.91. The molecule has 1 aromatic carbocycles. The molecule has 1 saturated heterocycles. The minimum Gasteiger partial charge on any atom is -0.496 e. The smallest absolute Gasteiger partial charge is 0.328 e. The topological polar surface area (TPSA) is 129 Å². The van der Waals surface area contributed by atoms with Crippen LogP contribution in [0.15, 0.2) is 39.7 Å². The van der Waals surface area contributed by atoms with Crippen molar-refractivity contribution in [2.24, 2.45) is 0 Å². The Morgan fingerprint density at radius 1 is 1.27 bits per heavy atom. The summed E-state index contributed by atoms with van der Waals surface area (Å²) in [7, 11) is 2.59. The molecular weight excluding hydrogens is 416 g/mol. The summed E-state index contributed by atoms with van der Waals surface area (Å²) in [5, 5.41) is 10.5. The molecule has 1 aliphatic rings. The standard InChI is InChI=1S/C19H16N2O8S/c1-10(18(23)28-3)20-17(22)16(30-19(20)24)9-12-5-7-15(29-12)13-8-11(21(25)26)4-6-14(13)27-2/h4-10H,1-3H3/b16-9-/t10-/m0/s1. The number of carbonyl (C=O) groups excluding carboxylic acids is 3. The molecule has 0 spiro atoms. The third kappa shape index (κ3) is 3.92. The number of non-ortho nitro benzene ring substituents is 1. The molecule has 0 aliphatic carbocycles. The number of methoxy groups -OCH3 is 2. The van der Waals surface area contributed by atoms with Crippen LogP contribution < -0.4 is 4.74 Å². The van der Waals surface area contributed by atoms with E-state index in [1.807, 2.05) is 0 Å². The lowest BCUT2D eigenvalue weighted by Crippen LogP contribution is -2.42. The highest BCUT2D eigenvalue weighted by atomic mass is 32.2. The molecule has 0 bridgehead atoms. The SMILES string of the molecule is COC(=O)[C@H](C)N1C(=O)S/C(=C\c2ccc(-c3cc([N+](=O)[O-])ccc3OC)o2)C1=O. The van der Waals surface area contributed by atoms with E-state index in [1.165, 1.54) is 45.4 Å². The third-order valence-corrected chi connectivity index (χ3v) is 5.20. The second-order valence-electron chi connectivity index (χ2n) is 6.09. The number of rotatable bonds is 6. The maximum Gasteiger partial charge on any atom is 0.328 e. The molecule has 1 atom stereocenters. The van der Waals surface area contributed by atoms with Crippen molar-refractivity contribution in [2.75, 3.05) is 14.2 Å². The predicted molar refractivity (Wildman–Crippen MR) is 107 cm³/mol. The summed E-state index contributed by atoms with van der Waals surface area (Å²) < 4.78 is 15.5. The van der Waals surface area contributed by atoms with E-state index >= 15 is 0 Å². The van der Waals surface area contributed by atoms with Crippen LogP contribution in [0.2, 0.25) is 0 Å². The van der Waals surface area contributed by atoms with E-state index in [0.717, 1.165) is 4.90 Å². The largest absolute Gasteiger partial charge is 0.496 e. The van der Waals surface area contributed by atoms with Crippen molar-refractivity contribution in [2.45, 2.75) is 13.0 Å². The van der Waals surface area contributed by atoms with Gasteiger partial charge in [0.2, 0.25) is 0 Å². The summed E-state index contributed by atoms with van der Waals surface area (Å²) in [6, 6.07) is 6.13. The Bertz CT molecular complexity index is 1070. The van der Waals surface area contributed by atoms with Gasteiger partial charge in [0, 0.05) is 18.2 Å². The van der Waals surface area contributed by atoms with Crippen LogP contribution in [0.3, 0.4) is 0 Å². The molecule has 2 amide bonds. The summed E-state index contributed by atoms with van der Waals surface area (Å²) in [6.45, 7) is 1.39. The molecule has 3 rings (SSSR count). The van der Waals surface area contributed by atoms with Crippen LogP contribution in [0.1, 0.15) is 12.7 Å². The highest BCUT2D eigenvalue weighted by Crippen LogP contribution is 2.37. The number of esters is 1. The molecule has 0 saturated carbocycles. The van der Waals surface area contributed by atoms with Crippen LogP contribution >= 0.6 is 11.8 Å². The number of ether oxygens (including phenoxy) is 2. The molecule has 30 heavy (non-hydrogen) atoms. The number of furan rings is 1. The van der Waals surface area contributed by atoms with E-state index in [1.54, 1.807) is 12.1 Å². The van der Waals surface area contributed by atoms with Gasteiger partial charge in [0.25, 0.3) is 16.8 Å². The monoisotopic (exact) mass is 432 g/mol. The fraction of sp³-hybridized carbons (Fsp3) is 0.211. The van der Waals surface area contributed by atoms with Gasteiger partial charge in [0.1, 0.15) is 23.3 Å². The number of hydrogen-bond acceptors (Lipinski definition) is 9. The van der Waals surface area contributed by atoms with E-state index < -0.39 is 28.1 Å². The van der Waals surface area contributed by atoms with Crippen LogP contribution in [-0.4, -0.2) is 47.2 Å². The first-order valence-electron chi connectivity index (χ1n) is 8.54. The van der Waals surface area contributed by atoms with Crippen LogP contribution in [0, 0.1) is 10.1 Å². The molecular formula is C19H16N2O8S. The van der Waals surface area contributed by atoms with Gasteiger partial charge in [0.15, 0.2) is 0 Å². The fourth-order valence-electron chi connectivity index (χ4n) is 2.80. The van der Waals surface area contributed by atoms with Gasteiger partial charge in [0.05, 0.1) is 29.6 Å². The predicted octanol–water partition coefficient (Wildman–Crippen LogP) is 3.46. The Labute approximate surface area is 174 Å². The van der Waals surface area contributed by atoms with Crippen molar-refractivity contribution in [3.63, 3.8) is 0 Å². The number of thioether (sulfide) groups is 1. The van der Waals surface area contributed by atoms with Crippen LogP contribution in [0.25, 0.3) is 17.4 Å². The van der Waals surface area contributed by atoms with Gasteiger partial charge in [-0.05, 0) is 36.9 Å². The van der Waals surface area contributed by atoms with E-state index in [2.05, 4.69) is 4.74 Å². The number of amides is 2. The first-order valence-corrected chi connectivity index (χ1v) is 9.36. The summed E-state index contributed by atoms with van der Waals surface area (Å²) in [4.78, 5) is 47.8. The van der Waals surface area contributed by atoms with E-state index in [-0.39, 0.29) is 22.1 Å². The molecule has 1 aromatic heterocycles. The van der Waals surface area contributed by atoms with Gasteiger partial charge in [-0.15, -0.1) is 0 Å². The maximum atomic E-state index is 12.6. The molecule has 1 fully saturated rings. The second kappa shape index (κ2) is 8.41. The first-order chi connectivity index (χ1) is 14.3. The van der Waals surface area contributed by atoms with Gasteiger partial charge in [-0.1, -0.05) is 0 Å². The van der Waals surface area contributed by atoms with Crippen molar-refractivity contribution in [3.8, 4) is 17.1 Å². The summed E-state index contributed by atoms with van der Waals surface area (Å²) in [5.74, 6) is -0.460. The van der Waals surface area contributed by atoms with Crippen molar-refractivity contribution in [3.05, 3.63) is 51.1 Å². The lowest BCUT2D eigenvalue weighted by atomic mass is 10.1. The quantitative estimate of drug-likeness (QED) is 0.291. The zero-order valence-electron chi connectivity index (χ0n) is 16.1. The Hall–Kier alpha value is -3.60. The summed E-state index contributed by atoms with van der Waals surface area (Å²) in [6.07, 6.45) is 1.36. The number of benzene rings is 1. The minimum atomic E-state index is -1.06. The molecule has 2 heterocycles. The lowest BCUT2D eigenvalue weighted by Gasteiger charge is -2.18. The van der Waals surface area contributed by atoms with Gasteiger partial charge in [-0.3, -0.25) is 24.6 Å². The number of nitro groups is 1. The van der Waals surface area contributed by atoms with Crippen molar-refractivity contribution in [1.29, 1.82) is 0 Å².